The number of nitrogens with one attached hydrogen (secondary N) is 1. The van der Waals surface area contributed by atoms with Crippen molar-refractivity contribution in [1.29, 1.82) is 0 Å². The number of ether oxygens (including phenoxy) is 4. The van der Waals surface area contributed by atoms with Gasteiger partial charge in [0.15, 0.2) is 6.61 Å². The van der Waals surface area contributed by atoms with E-state index in [1.807, 2.05) is 0 Å². The smallest absolute Gasteiger partial charge is 0.265 e. The zero-order valence-corrected chi connectivity index (χ0v) is 15.6. The maximum atomic E-state index is 12.0. The predicted octanol–water partition coefficient (Wildman–Crippen LogP) is 2.71. The molecule has 0 aliphatic rings. The maximum absolute atomic E-state index is 12.0. The quantitative estimate of drug-likeness (QED) is 0.536. The predicted molar refractivity (Wildman–Crippen MR) is 101 cm³/mol. The number of rotatable bonds is 9. The second kappa shape index (κ2) is 9.91. The first kappa shape index (κ1) is 19.9. The fourth-order valence-corrected chi connectivity index (χ4v) is 2.22. The van der Waals surface area contributed by atoms with Gasteiger partial charge in [0, 0.05) is 11.6 Å². The maximum Gasteiger partial charge on any atom is 0.265 e. The lowest BCUT2D eigenvalue weighted by molar-refractivity contribution is -0.120. The van der Waals surface area contributed by atoms with Crippen LogP contribution in [0.3, 0.4) is 0 Å². The molecule has 0 aliphatic heterocycles. The Morgan fingerprint density at radius 1 is 0.926 bits per heavy atom. The average molecular weight is 374 g/mol. The molecule has 0 saturated heterocycles. The van der Waals surface area contributed by atoms with Crippen LogP contribution in [0.15, 0.2) is 41.6 Å². The van der Waals surface area contributed by atoms with Crippen LogP contribution in [-0.2, 0) is 9.63 Å². The van der Waals surface area contributed by atoms with E-state index in [2.05, 4.69) is 10.5 Å². The summed E-state index contributed by atoms with van der Waals surface area (Å²) in [7, 11) is 6.18. The van der Waals surface area contributed by atoms with Crippen molar-refractivity contribution in [3.63, 3.8) is 0 Å². The lowest BCUT2D eigenvalue weighted by Gasteiger charge is -2.11. The molecule has 0 fully saturated rings. The van der Waals surface area contributed by atoms with E-state index in [1.165, 1.54) is 13.3 Å². The number of nitrogens with zero attached hydrogens (tertiary/aromatic N) is 1. The normalized spacial score (nSPS) is 10.4. The molecule has 1 amide bonds. The monoisotopic (exact) mass is 374 g/mol. The van der Waals surface area contributed by atoms with Gasteiger partial charge in [0.05, 0.1) is 40.3 Å². The van der Waals surface area contributed by atoms with Gasteiger partial charge >= 0.3 is 0 Å². The van der Waals surface area contributed by atoms with Crippen molar-refractivity contribution in [2.45, 2.75) is 0 Å². The van der Waals surface area contributed by atoms with Crippen molar-refractivity contribution >= 4 is 17.8 Å². The van der Waals surface area contributed by atoms with Crippen LogP contribution in [0.1, 0.15) is 5.56 Å². The highest BCUT2D eigenvalue weighted by molar-refractivity contribution is 5.93. The molecule has 8 nitrogen and oxygen atoms in total. The SMILES string of the molecule is COc1ccc(OC)c(/C=N\OCC(=O)Nc2ccc(OC)cc2OC)c1. The zero-order chi connectivity index (χ0) is 19.6. The van der Waals surface area contributed by atoms with Crippen LogP contribution < -0.4 is 24.3 Å². The molecule has 2 aromatic carbocycles. The Balaban J connectivity index is 1.94. The Labute approximate surface area is 157 Å². The molecule has 0 aromatic heterocycles. The molecule has 27 heavy (non-hydrogen) atoms. The Hall–Kier alpha value is -3.42. The van der Waals surface area contributed by atoms with Gasteiger partial charge in [-0.05, 0) is 30.3 Å². The molecule has 0 saturated carbocycles. The summed E-state index contributed by atoms with van der Waals surface area (Å²) in [5.74, 6) is 1.98. The van der Waals surface area contributed by atoms with Crippen molar-refractivity contribution in [3.05, 3.63) is 42.0 Å². The number of methoxy groups -OCH3 is 4. The number of oxime groups is 1. The second-order valence-corrected chi connectivity index (χ2v) is 5.23. The summed E-state index contributed by atoms with van der Waals surface area (Å²) < 4.78 is 20.7. The van der Waals surface area contributed by atoms with E-state index < -0.39 is 0 Å². The first-order chi connectivity index (χ1) is 13.1. The topological polar surface area (TPSA) is 87.6 Å². The third kappa shape index (κ3) is 5.53. The second-order valence-electron chi connectivity index (χ2n) is 5.23. The number of benzene rings is 2. The standard InChI is InChI=1S/C19H22N2O6/c1-23-14-6-8-17(25-3)13(9-14)11-20-27-12-19(22)21-16-7-5-15(24-2)10-18(16)26-4/h5-11H,12H2,1-4H3,(H,21,22)/b20-11-. The Bertz CT molecular complexity index is 807. The summed E-state index contributed by atoms with van der Waals surface area (Å²) in [6.07, 6.45) is 1.45. The molecule has 144 valence electrons. The third-order valence-corrected chi connectivity index (χ3v) is 3.58. The summed E-state index contributed by atoms with van der Waals surface area (Å²) in [5, 5.41) is 6.49. The van der Waals surface area contributed by atoms with Gasteiger partial charge in [-0.3, -0.25) is 4.79 Å². The van der Waals surface area contributed by atoms with Crippen molar-refractivity contribution < 1.29 is 28.6 Å². The average Bonchev–Trinajstić information content (AvgIpc) is 2.71. The van der Waals surface area contributed by atoms with Crippen LogP contribution in [-0.4, -0.2) is 47.2 Å². The highest BCUT2D eigenvalue weighted by Crippen LogP contribution is 2.29. The molecular formula is C19H22N2O6. The van der Waals surface area contributed by atoms with Gasteiger partial charge in [-0.15, -0.1) is 0 Å². The third-order valence-electron chi connectivity index (χ3n) is 3.58. The molecule has 2 aromatic rings. The van der Waals surface area contributed by atoms with Crippen molar-refractivity contribution in [1.82, 2.24) is 0 Å². The summed E-state index contributed by atoms with van der Waals surface area (Å²) in [5.41, 5.74) is 1.17. The summed E-state index contributed by atoms with van der Waals surface area (Å²) >= 11 is 0. The van der Waals surface area contributed by atoms with E-state index in [0.717, 1.165) is 0 Å². The minimum atomic E-state index is -0.381. The number of hydrogen-bond acceptors (Lipinski definition) is 7. The zero-order valence-electron chi connectivity index (χ0n) is 15.6. The Morgan fingerprint density at radius 2 is 1.59 bits per heavy atom. The van der Waals surface area contributed by atoms with Crippen LogP contribution in [0.25, 0.3) is 0 Å². The van der Waals surface area contributed by atoms with Crippen LogP contribution in [0.4, 0.5) is 5.69 Å². The molecule has 0 aliphatic carbocycles. The van der Waals surface area contributed by atoms with Gasteiger partial charge in [0.1, 0.15) is 23.0 Å². The van der Waals surface area contributed by atoms with Crippen LogP contribution >= 0.6 is 0 Å². The lowest BCUT2D eigenvalue weighted by atomic mass is 10.2. The molecule has 0 atom stereocenters. The molecule has 8 heteroatoms. The minimum absolute atomic E-state index is 0.266. The molecule has 0 radical (unpaired) electrons. The Morgan fingerprint density at radius 3 is 2.26 bits per heavy atom. The lowest BCUT2D eigenvalue weighted by Crippen LogP contribution is -2.17. The fourth-order valence-electron chi connectivity index (χ4n) is 2.22. The molecule has 0 bridgehead atoms. The molecular weight excluding hydrogens is 352 g/mol. The van der Waals surface area contributed by atoms with E-state index in [1.54, 1.807) is 57.7 Å². The first-order valence-corrected chi connectivity index (χ1v) is 8.00. The molecule has 0 spiro atoms. The van der Waals surface area contributed by atoms with Gasteiger partial charge in [-0.2, -0.15) is 0 Å². The summed E-state index contributed by atoms with van der Waals surface area (Å²) in [6.45, 7) is -0.266. The number of amides is 1. The highest BCUT2D eigenvalue weighted by atomic mass is 16.6. The molecule has 1 N–H and O–H groups in total. The van der Waals surface area contributed by atoms with Crippen LogP contribution in [0.2, 0.25) is 0 Å². The van der Waals surface area contributed by atoms with E-state index in [0.29, 0.717) is 34.2 Å². The fraction of sp³-hybridized carbons (Fsp3) is 0.263. The Kier molecular flexibility index (Phi) is 7.30. The number of carbonyl (C=O) groups excluding carboxylic acids is 1. The number of hydrogen-bond donors (Lipinski definition) is 1. The van der Waals surface area contributed by atoms with Crippen molar-refractivity contribution in [2.75, 3.05) is 40.4 Å². The number of anilines is 1. The van der Waals surface area contributed by atoms with Gasteiger partial charge in [0.25, 0.3) is 5.91 Å². The first-order valence-electron chi connectivity index (χ1n) is 8.00. The molecule has 0 unspecified atom stereocenters. The largest absolute Gasteiger partial charge is 0.497 e. The highest BCUT2D eigenvalue weighted by Gasteiger charge is 2.09. The summed E-state index contributed by atoms with van der Waals surface area (Å²) in [6, 6.07) is 10.3. The van der Waals surface area contributed by atoms with E-state index in [9.17, 15) is 4.79 Å². The van der Waals surface area contributed by atoms with Crippen molar-refractivity contribution in [2.24, 2.45) is 5.16 Å². The van der Waals surface area contributed by atoms with Gasteiger partial charge < -0.3 is 29.1 Å². The summed E-state index contributed by atoms with van der Waals surface area (Å²) in [4.78, 5) is 17.1. The molecule has 2 rings (SSSR count). The van der Waals surface area contributed by atoms with E-state index in [-0.39, 0.29) is 12.5 Å². The minimum Gasteiger partial charge on any atom is -0.497 e. The van der Waals surface area contributed by atoms with E-state index in [4.69, 9.17) is 23.8 Å². The van der Waals surface area contributed by atoms with Crippen molar-refractivity contribution in [3.8, 4) is 23.0 Å². The van der Waals surface area contributed by atoms with Crippen LogP contribution in [0, 0.1) is 0 Å². The number of carbonyl (C=O) groups is 1. The van der Waals surface area contributed by atoms with Gasteiger partial charge in [-0.1, -0.05) is 5.16 Å². The van der Waals surface area contributed by atoms with E-state index >= 15 is 0 Å². The van der Waals surface area contributed by atoms with Gasteiger partial charge in [0.2, 0.25) is 0 Å². The molecule has 0 heterocycles. The van der Waals surface area contributed by atoms with Gasteiger partial charge in [-0.25, -0.2) is 0 Å². The van der Waals surface area contributed by atoms with Crippen LogP contribution in [0.5, 0.6) is 23.0 Å².